The molecule has 136 valence electrons. The van der Waals surface area contributed by atoms with Gasteiger partial charge in [0.1, 0.15) is 5.82 Å². The monoisotopic (exact) mass is 380 g/mol. The first kappa shape index (κ1) is 18.4. The molecule has 7 heteroatoms. The van der Waals surface area contributed by atoms with Crippen molar-refractivity contribution in [1.82, 2.24) is 4.98 Å². The fraction of sp³-hybridized carbons (Fsp3) is 0.0500. The number of hydrogen-bond acceptors (Lipinski definition) is 4. The zero-order valence-electron chi connectivity index (χ0n) is 14.5. The van der Waals surface area contributed by atoms with Crippen LogP contribution in [0.15, 0.2) is 66.9 Å². The summed E-state index contributed by atoms with van der Waals surface area (Å²) in [6.45, 7) is 1.44. The van der Waals surface area contributed by atoms with Crippen LogP contribution in [0, 0.1) is 0 Å². The van der Waals surface area contributed by atoms with Crippen LogP contribution in [0.5, 0.6) is 0 Å². The van der Waals surface area contributed by atoms with Crippen LogP contribution in [0.2, 0.25) is 5.02 Å². The van der Waals surface area contributed by atoms with Crippen molar-refractivity contribution in [2.24, 2.45) is 0 Å². The van der Waals surface area contributed by atoms with E-state index in [-0.39, 0.29) is 11.8 Å². The Morgan fingerprint density at radius 2 is 1.41 bits per heavy atom. The van der Waals surface area contributed by atoms with E-state index in [1.165, 1.54) is 13.1 Å². The number of aromatic nitrogens is 1. The van der Waals surface area contributed by atoms with Crippen LogP contribution in [0.1, 0.15) is 17.3 Å². The minimum absolute atomic E-state index is 0.148. The lowest BCUT2D eigenvalue weighted by Gasteiger charge is -2.08. The average Bonchev–Trinajstić information content (AvgIpc) is 2.65. The Hall–Kier alpha value is -3.38. The molecule has 2 amide bonds. The Labute approximate surface area is 161 Å². The van der Waals surface area contributed by atoms with Crippen molar-refractivity contribution < 1.29 is 9.59 Å². The Kier molecular flexibility index (Phi) is 5.68. The summed E-state index contributed by atoms with van der Waals surface area (Å²) in [5, 5.41) is 9.25. The van der Waals surface area contributed by atoms with E-state index in [9.17, 15) is 9.59 Å². The van der Waals surface area contributed by atoms with Crippen LogP contribution in [-0.4, -0.2) is 16.8 Å². The second kappa shape index (κ2) is 8.33. The SMILES string of the molecule is CC(=O)Nc1ccc(NC(=O)c2ccc(Nc3ccc(Cl)cc3)nc2)cc1. The van der Waals surface area contributed by atoms with Gasteiger partial charge in [-0.05, 0) is 60.7 Å². The quantitative estimate of drug-likeness (QED) is 0.599. The molecule has 0 unspecified atom stereocenters. The number of anilines is 4. The molecular weight excluding hydrogens is 364 g/mol. The van der Waals surface area contributed by atoms with Gasteiger partial charge in [-0.3, -0.25) is 9.59 Å². The highest BCUT2D eigenvalue weighted by Crippen LogP contribution is 2.18. The summed E-state index contributed by atoms with van der Waals surface area (Å²) in [5.41, 5.74) is 2.57. The lowest BCUT2D eigenvalue weighted by atomic mass is 10.2. The van der Waals surface area contributed by atoms with Gasteiger partial charge >= 0.3 is 0 Å². The maximum atomic E-state index is 12.3. The van der Waals surface area contributed by atoms with Crippen molar-refractivity contribution in [3.05, 3.63) is 77.4 Å². The molecule has 3 rings (SSSR count). The number of amides is 2. The first-order valence-electron chi connectivity index (χ1n) is 8.17. The van der Waals surface area contributed by atoms with Crippen LogP contribution in [0.25, 0.3) is 0 Å². The van der Waals surface area contributed by atoms with Crippen LogP contribution < -0.4 is 16.0 Å². The molecule has 1 aromatic heterocycles. The van der Waals surface area contributed by atoms with Crippen LogP contribution in [0.3, 0.4) is 0 Å². The summed E-state index contributed by atoms with van der Waals surface area (Å²) in [6.07, 6.45) is 1.50. The number of pyridine rings is 1. The van der Waals surface area contributed by atoms with Crippen molar-refractivity contribution in [3.63, 3.8) is 0 Å². The zero-order valence-corrected chi connectivity index (χ0v) is 15.2. The molecule has 0 aliphatic rings. The van der Waals surface area contributed by atoms with Gasteiger partial charge in [-0.15, -0.1) is 0 Å². The standard InChI is InChI=1S/C20H17ClN4O2/c1-13(26)23-16-7-9-18(10-8-16)25-20(27)14-2-11-19(22-12-14)24-17-5-3-15(21)4-6-17/h2-12H,1H3,(H,22,24)(H,23,26)(H,25,27). The van der Waals surface area contributed by atoms with Gasteiger partial charge in [0, 0.05) is 35.2 Å². The van der Waals surface area contributed by atoms with Gasteiger partial charge in [0.15, 0.2) is 0 Å². The first-order chi connectivity index (χ1) is 13.0. The van der Waals surface area contributed by atoms with Gasteiger partial charge in [0.2, 0.25) is 5.91 Å². The average molecular weight is 381 g/mol. The van der Waals surface area contributed by atoms with E-state index in [1.807, 2.05) is 12.1 Å². The van der Waals surface area contributed by atoms with Gasteiger partial charge in [-0.25, -0.2) is 4.98 Å². The summed E-state index contributed by atoms with van der Waals surface area (Å²) in [4.78, 5) is 27.6. The predicted molar refractivity (Wildman–Crippen MR) is 108 cm³/mol. The van der Waals surface area contributed by atoms with E-state index in [1.54, 1.807) is 48.5 Å². The van der Waals surface area contributed by atoms with E-state index in [4.69, 9.17) is 11.6 Å². The number of nitrogens with zero attached hydrogens (tertiary/aromatic N) is 1. The van der Waals surface area contributed by atoms with Gasteiger partial charge in [0.05, 0.1) is 5.56 Å². The number of carbonyl (C=O) groups is 2. The highest BCUT2D eigenvalue weighted by molar-refractivity contribution is 6.30. The van der Waals surface area contributed by atoms with Crippen molar-refractivity contribution >= 4 is 46.3 Å². The number of hydrogen-bond donors (Lipinski definition) is 3. The van der Waals surface area contributed by atoms with Crippen LogP contribution in [0.4, 0.5) is 22.9 Å². The zero-order chi connectivity index (χ0) is 19.2. The second-order valence-electron chi connectivity index (χ2n) is 5.78. The molecule has 3 aromatic rings. The van der Waals surface area contributed by atoms with Gasteiger partial charge in [-0.2, -0.15) is 0 Å². The molecule has 0 bridgehead atoms. The van der Waals surface area contributed by atoms with Crippen LogP contribution >= 0.6 is 11.6 Å². The molecule has 0 aliphatic heterocycles. The molecule has 3 N–H and O–H groups in total. The Morgan fingerprint density at radius 3 is 1.96 bits per heavy atom. The fourth-order valence-corrected chi connectivity index (χ4v) is 2.45. The summed E-state index contributed by atoms with van der Waals surface area (Å²) in [6, 6.07) is 17.5. The Balaban J connectivity index is 1.61. The minimum Gasteiger partial charge on any atom is -0.340 e. The molecule has 27 heavy (non-hydrogen) atoms. The molecule has 0 atom stereocenters. The number of rotatable bonds is 5. The van der Waals surface area contributed by atoms with Crippen molar-refractivity contribution in [2.75, 3.05) is 16.0 Å². The van der Waals surface area contributed by atoms with Crippen molar-refractivity contribution in [1.29, 1.82) is 0 Å². The molecule has 6 nitrogen and oxygen atoms in total. The van der Waals surface area contributed by atoms with E-state index >= 15 is 0 Å². The molecule has 0 saturated heterocycles. The highest BCUT2D eigenvalue weighted by atomic mass is 35.5. The number of carbonyl (C=O) groups excluding carboxylic acids is 2. The second-order valence-corrected chi connectivity index (χ2v) is 6.21. The highest BCUT2D eigenvalue weighted by Gasteiger charge is 2.07. The van der Waals surface area contributed by atoms with E-state index < -0.39 is 0 Å². The fourth-order valence-electron chi connectivity index (χ4n) is 2.33. The third-order valence-corrected chi connectivity index (χ3v) is 3.86. The molecule has 2 aromatic carbocycles. The summed E-state index contributed by atoms with van der Waals surface area (Å²) in [7, 11) is 0. The largest absolute Gasteiger partial charge is 0.340 e. The normalized spacial score (nSPS) is 10.1. The predicted octanol–water partition coefficient (Wildman–Crippen LogP) is 4.69. The summed E-state index contributed by atoms with van der Waals surface area (Å²) >= 11 is 5.86. The Morgan fingerprint density at radius 1 is 0.815 bits per heavy atom. The molecule has 1 heterocycles. The molecular formula is C20H17ClN4O2. The third kappa shape index (κ3) is 5.29. The molecule has 0 fully saturated rings. The smallest absolute Gasteiger partial charge is 0.257 e. The van der Waals surface area contributed by atoms with Gasteiger partial charge in [0.25, 0.3) is 5.91 Å². The van der Waals surface area contributed by atoms with Crippen molar-refractivity contribution in [3.8, 4) is 0 Å². The maximum Gasteiger partial charge on any atom is 0.257 e. The van der Waals surface area contributed by atoms with E-state index in [2.05, 4.69) is 20.9 Å². The number of halogens is 1. The van der Waals surface area contributed by atoms with Crippen molar-refractivity contribution in [2.45, 2.75) is 6.92 Å². The van der Waals surface area contributed by atoms with E-state index in [0.29, 0.717) is 27.8 Å². The first-order valence-corrected chi connectivity index (χ1v) is 8.55. The third-order valence-electron chi connectivity index (χ3n) is 3.61. The summed E-state index contributed by atoms with van der Waals surface area (Å²) < 4.78 is 0. The van der Waals surface area contributed by atoms with E-state index in [0.717, 1.165) is 5.69 Å². The van der Waals surface area contributed by atoms with Gasteiger partial charge in [-0.1, -0.05) is 11.6 Å². The molecule has 0 spiro atoms. The minimum atomic E-state index is -0.271. The number of benzene rings is 2. The lowest BCUT2D eigenvalue weighted by Crippen LogP contribution is -2.12. The Bertz CT molecular complexity index is 939. The summed E-state index contributed by atoms with van der Waals surface area (Å²) in [5.74, 6) is 0.200. The molecule has 0 aliphatic carbocycles. The lowest BCUT2D eigenvalue weighted by molar-refractivity contribution is -0.114. The van der Waals surface area contributed by atoms with Crippen LogP contribution in [-0.2, 0) is 4.79 Å². The molecule has 0 saturated carbocycles. The maximum absolute atomic E-state index is 12.3. The number of nitrogens with one attached hydrogen (secondary N) is 3. The topological polar surface area (TPSA) is 83.1 Å². The van der Waals surface area contributed by atoms with Gasteiger partial charge < -0.3 is 16.0 Å². The molecule has 0 radical (unpaired) electrons.